The summed E-state index contributed by atoms with van der Waals surface area (Å²) in [5.74, 6) is 0.365. The third-order valence-electron chi connectivity index (χ3n) is 4.26. The number of H-pyrrole nitrogens is 1. The van der Waals surface area contributed by atoms with Gasteiger partial charge in [0.15, 0.2) is 0 Å². The molecule has 8 nitrogen and oxygen atoms in total. The summed E-state index contributed by atoms with van der Waals surface area (Å²) in [4.78, 5) is 13.6. The van der Waals surface area contributed by atoms with E-state index >= 15 is 0 Å². The van der Waals surface area contributed by atoms with Crippen molar-refractivity contribution in [2.75, 3.05) is 37.5 Å². The first-order valence-corrected chi connectivity index (χ1v) is 11.3. The maximum Gasteiger partial charge on any atom is 0.279 e. The number of allylic oxidation sites excluding steroid dienone is 1. The summed E-state index contributed by atoms with van der Waals surface area (Å²) in [6.45, 7) is 6.38. The average Bonchev–Trinajstić information content (AvgIpc) is 3.20. The lowest BCUT2D eigenvalue weighted by molar-refractivity contribution is 0.126. The number of rotatable bonds is 13. The second-order valence-electron chi connectivity index (χ2n) is 6.80. The number of hydrogen-bond donors (Lipinski definition) is 3. The van der Waals surface area contributed by atoms with Gasteiger partial charge in [-0.3, -0.25) is 10.4 Å². The Morgan fingerprint density at radius 1 is 1.45 bits per heavy atom. The number of likely N-dealkylation sites (N-methyl/N-ethyl adjacent to an activating group) is 1. The molecule has 2 aromatic rings. The molecule has 31 heavy (non-hydrogen) atoms. The van der Waals surface area contributed by atoms with Gasteiger partial charge in [0.1, 0.15) is 12.1 Å². The molecule has 0 aliphatic rings. The van der Waals surface area contributed by atoms with Crippen molar-refractivity contribution < 1.29 is 18.1 Å². The Hall–Kier alpha value is -2.34. The lowest BCUT2D eigenvalue weighted by Gasteiger charge is -2.23. The molecule has 0 aliphatic heterocycles. The standard InChI is InChI=1S/C20H28F2N6O2S/c1-4-28(9-10-30-13-14(2)27-31(3)29)15-7-8-24-17(11-15)18-12-25-19(26-18)6-5-16(23)20(21)22/h5-8,11-12,14,20,23,27H,4,9-10,13H2,1-3H3,(H,25,26)/b6-5-,23-16?. The van der Waals surface area contributed by atoms with Crippen molar-refractivity contribution in [2.45, 2.75) is 26.3 Å². The lowest BCUT2D eigenvalue weighted by atomic mass is 10.2. The van der Waals surface area contributed by atoms with E-state index in [1.165, 1.54) is 6.08 Å². The molecule has 2 heterocycles. The predicted octanol–water partition coefficient (Wildman–Crippen LogP) is 2.88. The first-order valence-electron chi connectivity index (χ1n) is 9.78. The van der Waals surface area contributed by atoms with Gasteiger partial charge in [-0.1, -0.05) is 0 Å². The molecule has 2 rings (SSSR count). The molecule has 2 aromatic heterocycles. The van der Waals surface area contributed by atoms with Crippen LogP contribution in [-0.2, 0) is 16.1 Å². The van der Waals surface area contributed by atoms with Crippen LogP contribution in [0, 0.1) is 5.41 Å². The smallest absolute Gasteiger partial charge is 0.279 e. The highest BCUT2D eigenvalue weighted by Gasteiger charge is 2.11. The molecule has 170 valence electrons. The number of hydrogen-bond acceptors (Lipinski definition) is 7. The number of alkyl halides is 2. The van der Waals surface area contributed by atoms with Crippen molar-refractivity contribution >= 4 is 28.8 Å². The van der Waals surface area contributed by atoms with Gasteiger partial charge in [0, 0.05) is 36.3 Å². The minimum absolute atomic E-state index is 0.00138. The number of pyridine rings is 1. The Morgan fingerprint density at radius 3 is 2.90 bits per heavy atom. The Labute approximate surface area is 183 Å². The van der Waals surface area contributed by atoms with E-state index in [4.69, 9.17) is 10.1 Å². The Kier molecular flexibility index (Phi) is 10.0. The fourth-order valence-corrected chi connectivity index (χ4v) is 3.41. The largest absolute Gasteiger partial charge is 0.598 e. The molecule has 2 unspecified atom stereocenters. The summed E-state index contributed by atoms with van der Waals surface area (Å²) in [6.07, 6.45) is 4.39. The number of imidazole rings is 1. The molecule has 11 heteroatoms. The van der Waals surface area contributed by atoms with Gasteiger partial charge in [-0.15, -0.1) is 4.72 Å². The van der Waals surface area contributed by atoms with Crippen LogP contribution in [-0.4, -0.2) is 70.2 Å². The highest BCUT2D eigenvalue weighted by Crippen LogP contribution is 2.21. The number of nitrogens with one attached hydrogen (secondary N) is 3. The zero-order valence-corrected chi connectivity index (χ0v) is 18.6. The van der Waals surface area contributed by atoms with Crippen LogP contribution in [0.2, 0.25) is 0 Å². The average molecular weight is 455 g/mol. The minimum Gasteiger partial charge on any atom is -0.598 e. The number of nitrogens with zero attached hydrogens (tertiary/aromatic N) is 3. The third kappa shape index (κ3) is 8.37. The van der Waals surface area contributed by atoms with Crippen molar-refractivity contribution in [1.29, 1.82) is 5.41 Å². The van der Waals surface area contributed by atoms with Crippen LogP contribution in [0.5, 0.6) is 0 Å². The highest BCUT2D eigenvalue weighted by molar-refractivity contribution is 7.88. The van der Waals surface area contributed by atoms with E-state index in [0.717, 1.165) is 18.3 Å². The number of aromatic nitrogens is 3. The maximum atomic E-state index is 12.4. The van der Waals surface area contributed by atoms with Gasteiger partial charge in [-0.05, 0) is 38.1 Å². The number of aromatic amines is 1. The summed E-state index contributed by atoms with van der Waals surface area (Å²) in [6, 6.07) is 3.82. The van der Waals surface area contributed by atoms with E-state index in [9.17, 15) is 13.3 Å². The summed E-state index contributed by atoms with van der Waals surface area (Å²) in [5, 5.41) is 7.16. The Morgan fingerprint density at radius 2 is 2.23 bits per heavy atom. The topological polar surface area (TPSA) is 113 Å². The molecule has 0 fully saturated rings. The van der Waals surface area contributed by atoms with Crippen LogP contribution in [0.3, 0.4) is 0 Å². The van der Waals surface area contributed by atoms with E-state index in [1.54, 1.807) is 18.6 Å². The molecular weight excluding hydrogens is 426 g/mol. The number of ether oxygens (including phenoxy) is 1. The molecular formula is C20H28F2N6O2S. The SMILES string of the molecule is CCN(CCOCC(C)N[S+](C)[O-])c1ccnc(-c2cnc(/C=C\C(=N)C(F)F)[nH]2)c1. The monoisotopic (exact) mass is 454 g/mol. The van der Waals surface area contributed by atoms with E-state index in [1.807, 2.05) is 26.0 Å². The molecule has 2 atom stereocenters. The molecule has 0 saturated carbocycles. The fourth-order valence-electron chi connectivity index (χ4n) is 2.78. The molecule has 0 aromatic carbocycles. The fraction of sp³-hybridized carbons (Fsp3) is 0.450. The minimum atomic E-state index is -2.82. The van der Waals surface area contributed by atoms with Crippen molar-refractivity contribution in [3.63, 3.8) is 0 Å². The lowest BCUT2D eigenvalue weighted by Crippen LogP contribution is -2.36. The van der Waals surface area contributed by atoms with Crippen molar-refractivity contribution in [2.24, 2.45) is 0 Å². The van der Waals surface area contributed by atoms with Crippen LogP contribution >= 0.6 is 0 Å². The quantitative estimate of drug-likeness (QED) is 0.244. The van der Waals surface area contributed by atoms with E-state index < -0.39 is 23.5 Å². The molecule has 0 amide bonds. The first-order chi connectivity index (χ1) is 14.8. The van der Waals surface area contributed by atoms with Crippen molar-refractivity contribution in [3.05, 3.63) is 36.4 Å². The van der Waals surface area contributed by atoms with E-state index in [2.05, 4.69) is 24.6 Å². The van der Waals surface area contributed by atoms with Crippen molar-refractivity contribution in [3.8, 4) is 11.4 Å². The van der Waals surface area contributed by atoms with Gasteiger partial charge >= 0.3 is 0 Å². The van der Waals surface area contributed by atoms with Gasteiger partial charge in [0.05, 0.1) is 42.6 Å². The second kappa shape index (κ2) is 12.5. The summed E-state index contributed by atoms with van der Waals surface area (Å²) < 4.78 is 44.5. The Balaban J connectivity index is 1.98. The van der Waals surface area contributed by atoms with Crippen LogP contribution in [0.25, 0.3) is 17.5 Å². The third-order valence-corrected chi connectivity index (χ3v) is 4.99. The van der Waals surface area contributed by atoms with Crippen molar-refractivity contribution in [1.82, 2.24) is 19.7 Å². The molecule has 0 radical (unpaired) electrons. The highest BCUT2D eigenvalue weighted by atomic mass is 32.2. The van der Waals surface area contributed by atoms with Crippen LogP contribution in [0.15, 0.2) is 30.6 Å². The zero-order chi connectivity index (χ0) is 22.8. The second-order valence-corrected chi connectivity index (χ2v) is 7.94. The molecule has 0 bridgehead atoms. The zero-order valence-electron chi connectivity index (χ0n) is 17.8. The van der Waals surface area contributed by atoms with Gasteiger partial charge in [0.25, 0.3) is 6.43 Å². The molecule has 0 saturated heterocycles. The molecule has 0 spiro atoms. The summed E-state index contributed by atoms with van der Waals surface area (Å²) in [7, 11) is 0. The summed E-state index contributed by atoms with van der Waals surface area (Å²) >= 11 is -1.07. The van der Waals surface area contributed by atoms with Crippen LogP contribution in [0.4, 0.5) is 14.5 Å². The van der Waals surface area contributed by atoms with Gasteiger partial charge in [-0.25, -0.2) is 13.8 Å². The van der Waals surface area contributed by atoms with E-state index in [-0.39, 0.29) is 6.04 Å². The molecule has 3 N–H and O–H groups in total. The summed E-state index contributed by atoms with van der Waals surface area (Å²) in [5.41, 5.74) is 1.50. The first kappa shape index (κ1) is 24.9. The van der Waals surface area contributed by atoms with Crippen LogP contribution < -0.4 is 9.62 Å². The van der Waals surface area contributed by atoms with Gasteiger partial charge < -0.3 is 19.2 Å². The van der Waals surface area contributed by atoms with E-state index in [0.29, 0.717) is 37.0 Å². The van der Waals surface area contributed by atoms with Gasteiger partial charge in [-0.2, -0.15) is 0 Å². The molecule has 0 aliphatic carbocycles. The Bertz CT molecular complexity index is 862. The number of anilines is 1. The van der Waals surface area contributed by atoms with Crippen LogP contribution in [0.1, 0.15) is 19.7 Å². The normalized spacial score (nSPS) is 13.6. The predicted molar refractivity (Wildman–Crippen MR) is 120 cm³/mol. The van der Waals surface area contributed by atoms with Gasteiger partial charge in [0.2, 0.25) is 0 Å². The number of halogens is 2. The maximum absolute atomic E-state index is 12.4.